The van der Waals surface area contributed by atoms with E-state index in [0.717, 1.165) is 0 Å². The number of benzene rings is 1. The smallest absolute Gasteiger partial charge is 0.238 e. The lowest BCUT2D eigenvalue weighted by Gasteiger charge is -2.21. The van der Waals surface area contributed by atoms with Gasteiger partial charge in [0.15, 0.2) is 9.84 Å². The maximum absolute atomic E-state index is 12.2. The molecule has 1 rings (SSSR count). The van der Waals surface area contributed by atoms with Crippen LogP contribution in [0.15, 0.2) is 29.2 Å². The van der Waals surface area contributed by atoms with Crippen LogP contribution in [0.25, 0.3) is 0 Å². The highest BCUT2D eigenvalue weighted by atomic mass is 35.5. The molecule has 21 heavy (non-hydrogen) atoms. The summed E-state index contributed by atoms with van der Waals surface area (Å²) in [6.45, 7) is 4.02. The molecule has 0 aliphatic carbocycles. The number of nitrogens with zero attached hydrogens (tertiary/aromatic N) is 2. The summed E-state index contributed by atoms with van der Waals surface area (Å²) < 4.78 is 24.3. The fraction of sp³-hybridized carbons (Fsp3) is 0.429. The zero-order chi connectivity index (χ0) is 16.0. The minimum absolute atomic E-state index is 0.0598. The van der Waals surface area contributed by atoms with Gasteiger partial charge in [-0.1, -0.05) is 11.6 Å². The quantitative estimate of drug-likeness (QED) is 0.801. The number of rotatable bonds is 6. The largest absolute Gasteiger partial charge is 0.341 e. The molecule has 0 saturated carbocycles. The molecule has 0 N–H and O–H groups in total. The Morgan fingerprint density at radius 3 is 2.43 bits per heavy atom. The Labute approximate surface area is 130 Å². The van der Waals surface area contributed by atoms with Crippen molar-refractivity contribution < 1.29 is 13.2 Å². The molecular weight excluding hydrogens is 312 g/mol. The van der Waals surface area contributed by atoms with Crippen molar-refractivity contribution >= 4 is 27.3 Å². The van der Waals surface area contributed by atoms with Gasteiger partial charge in [-0.2, -0.15) is 5.26 Å². The molecule has 0 bridgehead atoms. The minimum atomic E-state index is -3.71. The molecule has 0 fully saturated rings. The van der Waals surface area contributed by atoms with Crippen LogP contribution in [0.3, 0.4) is 0 Å². The number of hydrogen-bond donors (Lipinski definition) is 0. The maximum Gasteiger partial charge on any atom is 0.238 e. The van der Waals surface area contributed by atoms with E-state index < -0.39 is 21.5 Å². The molecule has 5 nitrogen and oxygen atoms in total. The average molecular weight is 329 g/mol. The van der Waals surface area contributed by atoms with Crippen LogP contribution in [-0.4, -0.2) is 38.1 Å². The SMILES string of the molecule is CCN(CC(C)C#N)C(=O)CS(=O)(=O)c1ccc(Cl)cc1. The topological polar surface area (TPSA) is 78.2 Å². The highest BCUT2D eigenvalue weighted by Gasteiger charge is 2.23. The summed E-state index contributed by atoms with van der Waals surface area (Å²) in [7, 11) is -3.71. The van der Waals surface area contributed by atoms with Crippen molar-refractivity contribution in [2.24, 2.45) is 5.92 Å². The molecule has 0 radical (unpaired) electrons. The zero-order valence-electron chi connectivity index (χ0n) is 11.9. The third-order valence-corrected chi connectivity index (χ3v) is 4.80. The highest BCUT2D eigenvalue weighted by Crippen LogP contribution is 2.16. The number of sulfone groups is 1. The van der Waals surface area contributed by atoms with Gasteiger partial charge >= 0.3 is 0 Å². The molecule has 1 aromatic rings. The lowest BCUT2D eigenvalue weighted by molar-refractivity contribution is -0.128. The predicted molar refractivity (Wildman–Crippen MR) is 80.5 cm³/mol. The van der Waals surface area contributed by atoms with Gasteiger partial charge in [0.1, 0.15) is 5.75 Å². The van der Waals surface area contributed by atoms with Crippen LogP contribution in [0.2, 0.25) is 5.02 Å². The van der Waals surface area contributed by atoms with E-state index >= 15 is 0 Å². The standard InChI is InChI=1S/C14H17ClN2O3S/c1-3-17(9-11(2)8-16)14(18)10-21(19,20)13-6-4-12(15)5-7-13/h4-7,11H,3,9-10H2,1-2H3. The van der Waals surface area contributed by atoms with E-state index in [0.29, 0.717) is 11.6 Å². The van der Waals surface area contributed by atoms with Gasteiger partial charge < -0.3 is 4.90 Å². The fourth-order valence-electron chi connectivity index (χ4n) is 1.76. The average Bonchev–Trinajstić information content (AvgIpc) is 2.44. The van der Waals surface area contributed by atoms with E-state index in [1.54, 1.807) is 13.8 Å². The molecule has 0 aliphatic rings. The van der Waals surface area contributed by atoms with Crippen molar-refractivity contribution in [3.8, 4) is 6.07 Å². The van der Waals surface area contributed by atoms with E-state index in [9.17, 15) is 13.2 Å². The second kappa shape index (κ2) is 7.43. The first-order valence-corrected chi connectivity index (χ1v) is 8.49. The summed E-state index contributed by atoms with van der Waals surface area (Å²) in [5, 5.41) is 9.21. The number of amides is 1. The lowest BCUT2D eigenvalue weighted by atomic mass is 10.2. The third-order valence-electron chi connectivity index (χ3n) is 2.94. The number of halogens is 1. The molecular formula is C14H17ClN2O3S. The first-order valence-electron chi connectivity index (χ1n) is 6.46. The Hall–Kier alpha value is -1.58. The van der Waals surface area contributed by atoms with E-state index in [4.69, 9.17) is 16.9 Å². The summed E-state index contributed by atoms with van der Waals surface area (Å²) in [6.07, 6.45) is 0. The Balaban J connectivity index is 2.85. The van der Waals surface area contributed by atoms with Crippen LogP contribution >= 0.6 is 11.6 Å². The predicted octanol–water partition coefficient (Wildman–Crippen LogP) is 2.12. The summed E-state index contributed by atoms with van der Waals surface area (Å²) in [5.74, 6) is -1.46. The molecule has 0 aliphatic heterocycles. The van der Waals surface area contributed by atoms with E-state index in [2.05, 4.69) is 0 Å². The second-order valence-corrected chi connectivity index (χ2v) is 7.10. The minimum Gasteiger partial charge on any atom is -0.341 e. The fourth-order valence-corrected chi connectivity index (χ4v) is 3.11. The van der Waals surface area contributed by atoms with Crippen molar-refractivity contribution in [3.05, 3.63) is 29.3 Å². The summed E-state index contributed by atoms with van der Waals surface area (Å²) in [4.78, 5) is 13.5. The lowest BCUT2D eigenvalue weighted by Crippen LogP contribution is -2.38. The van der Waals surface area contributed by atoms with Gasteiger partial charge in [-0.05, 0) is 38.1 Å². The van der Waals surface area contributed by atoms with Crippen LogP contribution in [-0.2, 0) is 14.6 Å². The third kappa shape index (κ3) is 5.03. The molecule has 0 spiro atoms. The monoisotopic (exact) mass is 328 g/mol. The van der Waals surface area contributed by atoms with Gasteiger partial charge in [-0.25, -0.2) is 8.42 Å². The Bertz CT molecular complexity index is 635. The summed E-state index contributed by atoms with van der Waals surface area (Å²) in [5.41, 5.74) is 0. The molecule has 0 saturated heterocycles. The number of nitriles is 1. The first-order chi connectivity index (χ1) is 9.80. The number of carbonyl (C=O) groups excluding carboxylic acids is 1. The normalized spacial score (nSPS) is 12.5. The van der Waals surface area contributed by atoms with Crippen LogP contribution < -0.4 is 0 Å². The van der Waals surface area contributed by atoms with Crippen LogP contribution in [0.4, 0.5) is 0 Å². The van der Waals surface area contributed by atoms with Gasteiger partial charge in [0, 0.05) is 18.1 Å². The highest BCUT2D eigenvalue weighted by molar-refractivity contribution is 7.92. The Kier molecular flexibility index (Phi) is 6.19. The summed E-state index contributed by atoms with van der Waals surface area (Å²) >= 11 is 5.71. The zero-order valence-corrected chi connectivity index (χ0v) is 13.5. The molecule has 7 heteroatoms. The molecule has 1 aromatic carbocycles. The van der Waals surface area contributed by atoms with Crippen molar-refractivity contribution in [1.29, 1.82) is 5.26 Å². The second-order valence-electron chi connectivity index (χ2n) is 4.68. The Morgan fingerprint density at radius 2 is 1.95 bits per heavy atom. The van der Waals surface area contributed by atoms with Gasteiger partial charge in [0.05, 0.1) is 16.9 Å². The summed E-state index contributed by atoms with van der Waals surface area (Å²) in [6, 6.07) is 7.71. The van der Waals surface area contributed by atoms with Gasteiger partial charge in [-0.3, -0.25) is 4.79 Å². The molecule has 1 unspecified atom stereocenters. The van der Waals surface area contributed by atoms with Crippen molar-refractivity contribution in [1.82, 2.24) is 4.90 Å². The first kappa shape index (κ1) is 17.5. The number of carbonyl (C=O) groups is 1. The van der Waals surface area contributed by atoms with E-state index in [-0.39, 0.29) is 17.4 Å². The van der Waals surface area contributed by atoms with E-state index in [1.807, 2.05) is 6.07 Å². The van der Waals surface area contributed by atoms with Crippen molar-refractivity contribution in [2.75, 3.05) is 18.8 Å². The van der Waals surface area contributed by atoms with Crippen LogP contribution in [0.5, 0.6) is 0 Å². The Morgan fingerprint density at radius 1 is 1.38 bits per heavy atom. The van der Waals surface area contributed by atoms with Gasteiger partial charge in [-0.15, -0.1) is 0 Å². The molecule has 114 valence electrons. The van der Waals surface area contributed by atoms with Crippen molar-refractivity contribution in [2.45, 2.75) is 18.7 Å². The molecule has 1 atom stereocenters. The molecule has 1 amide bonds. The maximum atomic E-state index is 12.2. The van der Waals surface area contributed by atoms with Crippen LogP contribution in [0, 0.1) is 17.2 Å². The van der Waals surface area contributed by atoms with Crippen molar-refractivity contribution in [3.63, 3.8) is 0 Å². The number of hydrogen-bond acceptors (Lipinski definition) is 4. The van der Waals surface area contributed by atoms with Gasteiger partial charge in [0.25, 0.3) is 0 Å². The molecule has 0 aromatic heterocycles. The van der Waals surface area contributed by atoms with Crippen LogP contribution in [0.1, 0.15) is 13.8 Å². The van der Waals surface area contributed by atoms with E-state index in [1.165, 1.54) is 29.2 Å². The van der Waals surface area contributed by atoms with Gasteiger partial charge in [0.2, 0.25) is 5.91 Å². The molecule has 0 heterocycles.